The molecule has 1 aromatic heterocycles. The third-order valence-electron chi connectivity index (χ3n) is 2.23. The predicted molar refractivity (Wildman–Crippen MR) is 58.0 cm³/mol. The Morgan fingerprint density at radius 2 is 2.29 bits per heavy atom. The lowest BCUT2D eigenvalue weighted by Gasteiger charge is -2.13. The molecule has 3 N–H and O–H groups in total. The van der Waals surface area contributed by atoms with Crippen LogP contribution in [0.15, 0.2) is 18.5 Å². The maximum absolute atomic E-state index is 9.17. The number of aromatic nitrogens is 1. The van der Waals surface area contributed by atoms with Crippen molar-refractivity contribution in [1.29, 1.82) is 0 Å². The molecule has 0 spiro atoms. The zero-order valence-electron chi connectivity index (χ0n) is 8.96. The predicted octanol–water partition coefficient (Wildman–Crippen LogP) is 1.51. The van der Waals surface area contributed by atoms with Crippen molar-refractivity contribution in [1.82, 2.24) is 10.3 Å². The molecule has 0 saturated heterocycles. The molecule has 0 radical (unpaired) electrons. The van der Waals surface area contributed by atoms with Crippen LogP contribution in [-0.2, 0) is 6.54 Å². The van der Waals surface area contributed by atoms with E-state index in [4.69, 9.17) is 0 Å². The quantitative estimate of drug-likeness (QED) is 0.646. The Kier molecular flexibility index (Phi) is 4.70. The largest absolute Gasteiger partial charge is 0.393 e. The highest BCUT2D eigenvalue weighted by atomic mass is 16.3. The summed E-state index contributed by atoms with van der Waals surface area (Å²) in [5, 5.41) is 12.5. The van der Waals surface area contributed by atoms with Crippen LogP contribution in [0.3, 0.4) is 0 Å². The summed E-state index contributed by atoms with van der Waals surface area (Å²) < 4.78 is 0. The Bertz CT molecular complexity index is 231. The minimum atomic E-state index is -0.195. The Morgan fingerprint density at radius 1 is 1.50 bits per heavy atom. The van der Waals surface area contributed by atoms with Crippen molar-refractivity contribution in [3.8, 4) is 0 Å². The van der Waals surface area contributed by atoms with Gasteiger partial charge in [0.2, 0.25) is 0 Å². The summed E-state index contributed by atoms with van der Waals surface area (Å²) in [6.07, 6.45) is 4.59. The van der Waals surface area contributed by atoms with Gasteiger partial charge >= 0.3 is 0 Å². The zero-order chi connectivity index (χ0) is 10.4. The average molecular weight is 196 g/mol. The van der Waals surface area contributed by atoms with Gasteiger partial charge in [0.25, 0.3) is 0 Å². The van der Waals surface area contributed by atoms with Gasteiger partial charge in [0, 0.05) is 18.9 Å². The van der Waals surface area contributed by atoms with Crippen molar-refractivity contribution in [2.24, 2.45) is 5.92 Å². The number of aliphatic hydroxyl groups is 1. The van der Waals surface area contributed by atoms with E-state index in [2.05, 4.69) is 23.3 Å². The Morgan fingerprint density at radius 3 is 2.86 bits per heavy atom. The number of aromatic amines is 1. The van der Waals surface area contributed by atoms with E-state index in [1.165, 1.54) is 5.56 Å². The molecule has 2 unspecified atom stereocenters. The molecular weight excluding hydrogens is 176 g/mol. The molecule has 0 aliphatic rings. The van der Waals surface area contributed by atoms with Crippen LogP contribution in [0.2, 0.25) is 0 Å². The molecule has 0 aromatic carbocycles. The minimum absolute atomic E-state index is 0.195. The molecule has 0 saturated carbocycles. The summed E-state index contributed by atoms with van der Waals surface area (Å²) in [4.78, 5) is 3.02. The van der Waals surface area contributed by atoms with E-state index >= 15 is 0 Å². The summed E-state index contributed by atoms with van der Waals surface area (Å²) in [5.74, 6) is 0.522. The monoisotopic (exact) mass is 196 g/mol. The smallest absolute Gasteiger partial charge is 0.0515 e. The highest BCUT2D eigenvalue weighted by Crippen LogP contribution is 2.04. The molecule has 1 aromatic rings. The highest BCUT2D eigenvalue weighted by Gasteiger charge is 2.05. The van der Waals surface area contributed by atoms with Crippen molar-refractivity contribution < 1.29 is 5.11 Å². The maximum atomic E-state index is 9.17. The Labute approximate surface area is 85.5 Å². The van der Waals surface area contributed by atoms with Gasteiger partial charge in [0.15, 0.2) is 0 Å². The standard InChI is InChI=1S/C11H20N2O/c1-9(5-10(2)14)6-13-8-11-3-4-12-7-11/h3-4,7,9-10,12-14H,5-6,8H2,1-2H3. The fourth-order valence-corrected chi connectivity index (χ4v) is 1.60. The first-order valence-electron chi connectivity index (χ1n) is 5.19. The van der Waals surface area contributed by atoms with Crippen LogP contribution in [0, 0.1) is 5.92 Å². The fourth-order valence-electron chi connectivity index (χ4n) is 1.60. The highest BCUT2D eigenvalue weighted by molar-refractivity contribution is 5.07. The van der Waals surface area contributed by atoms with Gasteiger partial charge in [-0.15, -0.1) is 0 Å². The Hall–Kier alpha value is -0.800. The minimum Gasteiger partial charge on any atom is -0.393 e. The van der Waals surface area contributed by atoms with E-state index < -0.39 is 0 Å². The number of aliphatic hydroxyl groups excluding tert-OH is 1. The molecule has 3 heteroatoms. The molecule has 2 atom stereocenters. The summed E-state index contributed by atoms with van der Waals surface area (Å²) in [6.45, 7) is 5.84. The molecular formula is C11H20N2O. The zero-order valence-corrected chi connectivity index (χ0v) is 8.96. The number of hydrogen-bond donors (Lipinski definition) is 3. The second-order valence-corrected chi connectivity index (χ2v) is 4.04. The summed E-state index contributed by atoms with van der Waals surface area (Å²) in [5.41, 5.74) is 1.27. The van der Waals surface area contributed by atoms with E-state index in [1.54, 1.807) is 0 Å². The van der Waals surface area contributed by atoms with Crippen LogP contribution in [0.4, 0.5) is 0 Å². The second kappa shape index (κ2) is 5.83. The van der Waals surface area contributed by atoms with Crippen LogP contribution < -0.4 is 5.32 Å². The molecule has 1 heterocycles. The molecule has 0 amide bonds. The van der Waals surface area contributed by atoms with Gasteiger partial charge in [0.1, 0.15) is 0 Å². The average Bonchev–Trinajstić information content (AvgIpc) is 2.55. The number of H-pyrrole nitrogens is 1. The third kappa shape index (κ3) is 4.44. The van der Waals surface area contributed by atoms with Crippen LogP contribution in [0.25, 0.3) is 0 Å². The van der Waals surface area contributed by atoms with E-state index in [0.29, 0.717) is 5.92 Å². The molecule has 0 aliphatic heterocycles. The van der Waals surface area contributed by atoms with Gasteiger partial charge in [-0.2, -0.15) is 0 Å². The maximum Gasteiger partial charge on any atom is 0.0515 e. The van der Waals surface area contributed by atoms with Crippen molar-refractivity contribution in [3.63, 3.8) is 0 Å². The van der Waals surface area contributed by atoms with E-state index in [0.717, 1.165) is 19.5 Å². The number of nitrogens with one attached hydrogen (secondary N) is 2. The van der Waals surface area contributed by atoms with Crippen LogP contribution in [0.1, 0.15) is 25.8 Å². The lowest BCUT2D eigenvalue weighted by Crippen LogP contribution is -2.22. The van der Waals surface area contributed by atoms with Gasteiger partial charge in [-0.05, 0) is 37.4 Å². The van der Waals surface area contributed by atoms with Crippen molar-refractivity contribution >= 4 is 0 Å². The molecule has 1 rings (SSSR count). The first kappa shape index (κ1) is 11.3. The van der Waals surface area contributed by atoms with Gasteiger partial charge in [0.05, 0.1) is 6.10 Å². The number of rotatable bonds is 6. The first-order chi connectivity index (χ1) is 6.68. The molecule has 0 aliphatic carbocycles. The summed E-state index contributed by atoms with van der Waals surface area (Å²) in [7, 11) is 0. The molecule has 0 bridgehead atoms. The topological polar surface area (TPSA) is 48.0 Å². The lowest BCUT2D eigenvalue weighted by atomic mass is 10.0. The van der Waals surface area contributed by atoms with Crippen molar-refractivity contribution in [3.05, 3.63) is 24.0 Å². The van der Waals surface area contributed by atoms with E-state index in [1.807, 2.05) is 19.3 Å². The molecule has 14 heavy (non-hydrogen) atoms. The Balaban J connectivity index is 2.09. The normalized spacial score (nSPS) is 15.4. The van der Waals surface area contributed by atoms with Crippen molar-refractivity contribution in [2.45, 2.75) is 32.9 Å². The third-order valence-corrected chi connectivity index (χ3v) is 2.23. The molecule has 0 fully saturated rings. The second-order valence-electron chi connectivity index (χ2n) is 4.04. The summed E-state index contributed by atoms with van der Waals surface area (Å²) >= 11 is 0. The first-order valence-corrected chi connectivity index (χ1v) is 5.19. The van der Waals surface area contributed by atoms with Crippen LogP contribution in [0.5, 0.6) is 0 Å². The van der Waals surface area contributed by atoms with E-state index in [9.17, 15) is 5.11 Å². The summed E-state index contributed by atoms with van der Waals surface area (Å²) in [6, 6.07) is 2.06. The van der Waals surface area contributed by atoms with E-state index in [-0.39, 0.29) is 6.10 Å². The molecule has 3 nitrogen and oxygen atoms in total. The van der Waals surface area contributed by atoms with Crippen molar-refractivity contribution in [2.75, 3.05) is 6.54 Å². The van der Waals surface area contributed by atoms with Crippen LogP contribution >= 0.6 is 0 Å². The van der Waals surface area contributed by atoms with Gasteiger partial charge in [-0.1, -0.05) is 6.92 Å². The SMILES string of the molecule is CC(O)CC(C)CNCc1cc[nH]c1. The van der Waals surface area contributed by atoms with Gasteiger partial charge in [-0.3, -0.25) is 0 Å². The number of hydrogen-bond acceptors (Lipinski definition) is 2. The van der Waals surface area contributed by atoms with Crippen LogP contribution in [-0.4, -0.2) is 22.7 Å². The van der Waals surface area contributed by atoms with Gasteiger partial charge in [-0.25, -0.2) is 0 Å². The lowest BCUT2D eigenvalue weighted by molar-refractivity contribution is 0.163. The van der Waals surface area contributed by atoms with Gasteiger partial charge < -0.3 is 15.4 Å². The fraction of sp³-hybridized carbons (Fsp3) is 0.636. The molecule has 80 valence electrons.